The monoisotopic (exact) mass is 322 g/mol. The van der Waals surface area contributed by atoms with Crippen LogP contribution in [0.3, 0.4) is 0 Å². The summed E-state index contributed by atoms with van der Waals surface area (Å²) in [6.07, 6.45) is 3.47. The molecule has 0 unspecified atom stereocenters. The summed E-state index contributed by atoms with van der Waals surface area (Å²) in [5, 5.41) is 3.29. The first-order valence-corrected chi connectivity index (χ1v) is 8.02. The van der Waals surface area contributed by atoms with Gasteiger partial charge in [0.15, 0.2) is 0 Å². The summed E-state index contributed by atoms with van der Waals surface area (Å²) >= 11 is 6.09. The highest BCUT2D eigenvalue weighted by atomic mass is 35.5. The van der Waals surface area contributed by atoms with Crippen molar-refractivity contribution in [3.8, 4) is 5.75 Å². The highest BCUT2D eigenvalue weighted by Crippen LogP contribution is 2.26. The Balaban J connectivity index is 1.57. The average Bonchev–Trinajstić information content (AvgIpc) is 3.33. The third-order valence-electron chi connectivity index (χ3n) is 3.90. The van der Waals surface area contributed by atoms with Crippen molar-refractivity contribution < 1.29 is 14.3 Å². The number of nitrogens with zero attached hydrogens (tertiary/aromatic N) is 1. The van der Waals surface area contributed by atoms with Crippen LogP contribution in [0.2, 0.25) is 5.02 Å². The van der Waals surface area contributed by atoms with Gasteiger partial charge >= 0.3 is 11.8 Å². The van der Waals surface area contributed by atoms with Crippen molar-refractivity contribution in [2.24, 2.45) is 0 Å². The first kappa shape index (κ1) is 15.2. The van der Waals surface area contributed by atoms with Crippen LogP contribution in [0.4, 0.5) is 0 Å². The second kappa shape index (κ2) is 6.57. The molecule has 1 heterocycles. The number of para-hydroxylation sites is 1. The highest BCUT2D eigenvalue weighted by molar-refractivity contribution is 6.35. The molecule has 3 rings (SSSR count). The van der Waals surface area contributed by atoms with Crippen molar-refractivity contribution in [2.75, 3.05) is 13.1 Å². The lowest BCUT2D eigenvalue weighted by Crippen LogP contribution is -2.50. The predicted octanol–water partition coefficient (Wildman–Crippen LogP) is 1.99. The molecule has 22 heavy (non-hydrogen) atoms. The number of benzene rings is 1. The minimum atomic E-state index is -0.499. The maximum atomic E-state index is 12.2. The summed E-state index contributed by atoms with van der Waals surface area (Å²) in [5.74, 6) is -0.342. The zero-order valence-corrected chi connectivity index (χ0v) is 13.0. The van der Waals surface area contributed by atoms with E-state index in [2.05, 4.69) is 5.32 Å². The van der Waals surface area contributed by atoms with Gasteiger partial charge in [0.25, 0.3) is 0 Å². The maximum Gasteiger partial charge on any atom is 0.312 e. The van der Waals surface area contributed by atoms with E-state index in [1.165, 1.54) is 0 Å². The third kappa shape index (κ3) is 3.71. The Morgan fingerprint density at radius 1 is 1.23 bits per heavy atom. The molecule has 6 heteroatoms. The predicted molar refractivity (Wildman–Crippen MR) is 82.8 cm³/mol. The summed E-state index contributed by atoms with van der Waals surface area (Å²) in [6.45, 7) is 1.02. The van der Waals surface area contributed by atoms with Gasteiger partial charge in [0.1, 0.15) is 11.9 Å². The normalized spacial score (nSPS) is 21.3. The van der Waals surface area contributed by atoms with E-state index in [1.807, 2.05) is 18.2 Å². The zero-order chi connectivity index (χ0) is 15.5. The molecule has 1 aromatic rings. The molecule has 5 nitrogen and oxygen atoms in total. The Morgan fingerprint density at radius 3 is 2.73 bits per heavy atom. The minimum absolute atomic E-state index is 0.133. The number of halogens is 1. The lowest BCUT2D eigenvalue weighted by Gasteiger charge is -2.32. The summed E-state index contributed by atoms with van der Waals surface area (Å²) in [7, 11) is 0. The van der Waals surface area contributed by atoms with Gasteiger partial charge in [0.05, 0.1) is 11.6 Å². The van der Waals surface area contributed by atoms with Crippen molar-refractivity contribution in [1.29, 1.82) is 0 Å². The summed E-state index contributed by atoms with van der Waals surface area (Å²) < 4.78 is 5.88. The Labute approximate surface area is 134 Å². The summed E-state index contributed by atoms with van der Waals surface area (Å²) in [5.41, 5.74) is 0. The molecular weight excluding hydrogens is 304 g/mol. The lowest BCUT2D eigenvalue weighted by molar-refractivity contribution is -0.147. The molecule has 0 aromatic heterocycles. The maximum absolute atomic E-state index is 12.2. The van der Waals surface area contributed by atoms with Crippen LogP contribution < -0.4 is 10.1 Å². The number of hydrogen-bond acceptors (Lipinski definition) is 3. The quantitative estimate of drug-likeness (QED) is 0.866. The van der Waals surface area contributed by atoms with Crippen molar-refractivity contribution in [3.05, 3.63) is 29.3 Å². The molecule has 1 saturated heterocycles. The number of piperidine rings is 1. The highest BCUT2D eigenvalue weighted by Gasteiger charge is 2.32. The van der Waals surface area contributed by atoms with Crippen molar-refractivity contribution in [1.82, 2.24) is 10.2 Å². The number of ether oxygens (including phenoxy) is 1. The second-order valence-electron chi connectivity index (χ2n) is 5.81. The number of amides is 2. The molecule has 1 aliphatic carbocycles. The van der Waals surface area contributed by atoms with Gasteiger partial charge in [-0.25, -0.2) is 0 Å². The molecule has 1 aromatic carbocycles. The van der Waals surface area contributed by atoms with Gasteiger partial charge in [0, 0.05) is 12.6 Å². The Hall–Kier alpha value is -1.75. The van der Waals surface area contributed by atoms with Gasteiger partial charge in [-0.2, -0.15) is 0 Å². The van der Waals surface area contributed by atoms with Gasteiger partial charge in [-0.1, -0.05) is 23.7 Å². The fraction of sp³-hybridized carbons (Fsp3) is 0.500. The van der Waals surface area contributed by atoms with E-state index in [-0.39, 0.29) is 12.1 Å². The molecule has 1 N–H and O–H groups in total. The number of hydrogen-bond donors (Lipinski definition) is 1. The first-order chi connectivity index (χ1) is 10.6. The molecule has 118 valence electrons. The fourth-order valence-electron chi connectivity index (χ4n) is 2.56. The van der Waals surface area contributed by atoms with E-state index < -0.39 is 11.8 Å². The van der Waals surface area contributed by atoms with E-state index in [9.17, 15) is 9.59 Å². The van der Waals surface area contributed by atoms with E-state index in [0.717, 1.165) is 25.7 Å². The fourth-order valence-corrected chi connectivity index (χ4v) is 2.74. The molecular formula is C16H19ClN2O3. The van der Waals surface area contributed by atoms with E-state index in [0.29, 0.717) is 23.9 Å². The number of rotatable bonds is 3. The molecule has 2 aliphatic rings. The van der Waals surface area contributed by atoms with Crippen LogP contribution >= 0.6 is 11.6 Å². The summed E-state index contributed by atoms with van der Waals surface area (Å²) in [6, 6.07) is 7.47. The van der Waals surface area contributed by atoms with E-state index >= 15 is 0 Å². The topological polar surface area (TPSA) is 58.6 Å². The molecule has 1 aliphatic heterocycles. The first-order valence-electron chi connectivity index (χ1n) is 7.64. The van der Waals surface area contributed by atoms with Gasteiger partial charge in [-0.15, -0.1) is 0 Å². The van der Waals surface area contributed by atoms with Gasteiger partial charge in [-0.3, -0.25) is 9.59 Å². The van der Waals surface area contributed by atoms with Crippen LogP contribution in [0.5, 0.6) is 5.75 Å². The average molecular weight is 323 g/mol. The van der Waals surface area contributed by atoms with Gasteiger partial charge < -0.3 is 15.0 Å². The van der Waals surface area contributed by atoms with E-state index in [1.54, 1.807) is 11.0 Å². The smallest absolute Gasteiger partial charge is 0.312 e. The van der Waals surface area contributed by atoms with Crippen LogP contribution in [0.25, 0.3) is 0 Å². The van der Waals surface area contributed by atoms with Crippen molar-refractivity contribution >= 4 is 23.4 Å². The van der Waals surface area contributed by atoms with Crippen molar-refractivity contribution in [2.45, 2.75) is 37.8 Å². The third-order valence-corrected chi connectivity index (χ3v) is 4.21. The van der Waals surface area contributed by atoms with Crippen LogP contribution in [-0.4, -0.2) is 41.9 Å². The number of carbonyl (C=O) groups excluding carboxylic acids is 2. The van der Waals surface area contributed by atoms with E-state index in [4.69, 9.17) is 16.3 Å². The lowest BCUT2D eigenvalue weighted by atomic mass is 10.1. The minimum Gasteiger partial charge on any atom is -0.487 e. The zero-order valence-electron chi connectivity index (χ0n) is 12.3. The molecule has 1 saturated carbocycles. The Bertz CT molecular complexity index is 574. The number of likely N-dealkylation sites (tertiary alicyclic amines) is 1. The molecule has 1 atom stereocenters. The van der Waals surface area contributed by atoms with Gasteiger partial charge in [-0.05, 0) is 37.8 Å². The largest absolute Gasteiger partial charge is 0.487 e. The van der Waals surface area contributed by atoms with Crippen molar-refractivity contribution in [3.63, 3.8) is 0 Å². The number of nitrogens with one attached hydrogen (secondary N) is 1. The van der Waals surface area contributed by atoms with Crippen LogP contribution in [0, 0.1) is 0 Å². The molecule has 0 bridgehead atoms. The van der Waals surface area contributed by atoms with Gasteiger partial charge in [0.2, 0.25) is 0 Å². The Kier molecular flexibility index (Phi) is 4.52. The second-order valence-corrected chi connectivity index (χ2v) is 6.22. The molecule has 0 spiro atoms. The Morgan fingerprint density at radius 2 is 2.00 bits per heavy atom. The summed E-state index contributed by atoms with van der Waals surface area (Å²) in [4.78, 5) is 25.6. The van der Waals surface area contributed by atoms with Crippen LogP contribution in [-0.2, 0) is 9.59 Å². The molecule has 0 radical (unpaired) electrons. The van der Waals surface area contributed by atoms with Crippen LogP contribution in [0.1, 0.15) is 25.7 Å². The standard InChI is InChI=1S/C16H19ClN2O3/c17-13-5-1-2-6-14(13)22-12-4-3-9-19(10-12)16(21)15(20)18-11-7-8-11/h1-2,5-6,11-12H,3-4,7-10H2,(H,18,20)/t12-/m1/s1. The number of carbonyl (C=O) groups is 2. The molecule has 2 fully saturated rings. The molecule has 2 amide bonds. The van der Waals surface area contributed by atoms with Crippen LogP contribution in [0.15, 0.2) is 24.3 Å². The SMILES string of the molecule is O=C(NC1CC1)C(=O)N1CCC[C@@H](Oc2ccccc2Cl)C1.